The van der Waals surface area contributed by atoms with E-state index in [1.165, 1.54) is 12.1 Å². The number of nitrogens with zero attached hydrogens (tertiary/aromatic N) is 2. The maximum absolute atomic E-state index is 13.5. The Labute approximate surface area is 118 Å². The van der Waals surface area contributed by atoms with Gasteiger partial charge in [-0.1, -0.05) is 6.07 Å². The lowest BCUT2D eigenvalue weighted by Crippen LogP contribution is -2.05. The maximum atomic E-state index is 13.5. The van der Waals surface area contributed by atoms with Crippen LogP contribution >= 0.6 is 0 Å². The van der Waals surface area contributed by atoms with Crippen molar-refractivity contribution >= 4 is 17.0 Å². The summed E-state index contributed by atoms with van der Waals surface area (Å²) in [7, 11) is 0. The molecule has 1 heterocycles. The number of halogens is 3. The number of hydrogen-bond donors (Lipinski definition) is 1. The van der Waals surface area contributed by atoms with Crippen LogP contribution in [0.15, 0.2) is 30.3 Å². The lowest BCUT2D eigenvalue weighted by atomic mass is 10.2. The van der Waals surface area contributed by atoms with Gasteiger partial charge in [-0.05, 0) is 36.2 Å². The Morgan fingerprint density at radius 1 is 1.05 bits per heavy atom. The fourth-order valence-corrected chi connectivity index (χ4v) is 2.26. The van der Waals surface area contributed by atoms with E-state index in [1.54, 1.807) is 17.6 Å². The van der Waals surface area contributed by atoms with Crippen LogP contribution < -0.4 is 5.73 Å². The van der Waals surface area contributed by atoms with Gasteiger partial charge < -0.3 is 10.3 Å². The van der Waals surface area contributed by atoms with Crippen molar-refractivity contribution in [3.63, 3.8) is 0 Å². The molecule has 0 bridgehead atoms. The molecule has 1 aromatic heterocycles. The van der Waals surface area contributed by atoms with Crippen LogP contribution in [0.25, 0.3) is 11.0 Å². The van der Waals surface area contributed by atoms with Crippen molar-refractivity contribution in [1.29, 1.82) is 0 Å². The van der Waals surface area contributed by atoms with Gasteiger partial charge in [0.1, 0.15) is 5.82 Å². The molecule has 2 N–H and O–H groups in total. The zero-order valence-corrected chi connectivity index (χ0v) is 11.2. The van der Waals surface area contributed by atoms with E-state index in [1.807, 2.05) is 0 Å². The first-order valence-electron chi connectivity index (χ1n) is 6.31. The van der Waals surface area contributed by atoms with Gasteiger partial charge in [0.2, 0.25) is 5.95 Å². The molecular weight excluding hydrogens is 279 g/mol. The van der Waals surface area contributed by atoms with Crippen LogP contribution in [0.3, 0.4) is 0 Å². The topological polar surface area (TPSA) is 43.8 Å². The van der Waals surface area contributed by atoms with E-state index in [4.69, 9.17) is 5.73 Å². The predicted octanol–water partition coefficient (Wildman–Crippen LogP) is 3.39. The zero-order valence-electron chi connectivity index (χ0n) is 11.2. The van der Waals surface area contributed by atoms with E-state index in [0.29, 0.717) is 22.2 Å². The van der Waals surface area contributed by atoms with Crippen LogP contribution in [0.1, 0.15) is 11.1 Å². The second-order valence-corrected chi connectivity index (χ2v) is 4.89. The minimum absolute atomic E-state index is 0.194. The third-order valence-electron chi connectivity index (χ3n) is 3.38. The monoisotopic (exact) mass is 291 g/mol. The molecule has 0 spiro atoms. The van der Waals surface area contributed by atoms with Gasteiger partial charge in [0.05, 0.1) is 17.6 Å². The number of rotatable bonds is 2. The summed E-state index contributed by atoms with van der Waals surface area (Å²) in [6, 6.07) is 6.58. The Hall–Kier alpha value is -2.50. The standard InChI is InChI=1S/C15H12F3N3/c1-8-4-14-13(6-11(8)17)20-15(19)21(14)7-9-2-3-10(16)12(18)5-9/h2-6H,7H2,1H3,(H2,19,20). The Balaban J connectivity index is 2.09. The SMILES string of the molecule is Cc1cc2c(cc1F)nc(N)n2Cc1ccc(F)c(F)c1. The fourth-order valence-electron chi connectivity index (χ4n) is 2.26. The summed E-state index contributed by atoms with van der Waals surface area (Å²) in [6.45, 7) is 1.87. The van der Waals surface area contributed by atoms with E-state index >= 15 is 0 Å². The molecule has 0 aliphatic carbocycles. The van der Waals surface area contributed by atoms with Crippen molar-refractivity contribution in [2.75, 3.05) is 5.73 Å². The highest BCUT2D eigenvalue weighted by molar-refractivity contribution is 5.79. The lowest BCUT2D eigenvalue weighted by Gasteiger charge is -2.08. The third kappa shape index (κ3) is 2.33. The van der Waals surface area contributed by atoms with Crippen LogP contribution in [0.5, 0.6) is 0 Å². The maximum Gasteiger partial charge on any atom is 0.201 e. The van der Waals surface area contributed by atoms with Crippen LogP contribution in [0.2, 0.25) is 0 Å². The molecule has 21 heavy (non-hydrogen) atoms. The van der Waals surface area contributed by atoms with E-state index < -0.39 is 11.6 Å². The van der Waals surface area contributed by atoms with Crippen molar-refractivity contribution in [2.24, 2.45) is 0 Å². The van der Waals surface area contributed by atoms with Crippen LogP contribution in [-0.4, -0.2) is 9.55 Å². The second kappa shape index (κ2) is 4.80. The molecule has 3 aromatic rings. The number of benzene rings is 2. The number of hydrogen-bond acceptors (Lipinski definition) is 2. The average molecular weight is 291 g/mol. The van der Waals surface area contributed by atoms with Crippen LogP contribution in [0.4, 0.5) is 19.1 Å². The van der Waals surface area contributed by atoms with E-state index in [0.717, 1.165) is 12.1 Å². The van der Waals surface area contributed by atoms with Crippen molar-refractivity contribution < 1.29 is 13.2 Å². The van der Waals surface area contributed by atoms with Crippen LogP contribution in [-0.2, 0) is 6.54 Å². The molecule has 0 atom stereocenters. The largest absolute Gasteiger partial charge is 0.369 e. The Kier molecular flexibility index (Phi) is 3.08. The Morgan fingerprint density at radius 2 is 1.81 bits per heavy atom. The summed E-state index contributed by atoms with van der Waals surface area (Å²) < 4.78 is 41.4. The highest BCUT2D eigenvalue weighted by Gasteiger charge is 2.12. The summed E-state index contributed by atoms with van der Waals surface area (Å²) in [5.74, 6) is -1.99. The molecule has 0 aliphatic heterocycles. The number of aryl methyl sites for hydroxylation is 1. The number of nitrogen functional groups attached to an aromatic ring is 1. The average Bonchev–Trinajstić information content (AvgIpc) is 2.71. The molecule has 108 valence electrons. The first kappa shape index (κ1) is 13.5. The predicted molar refractivity (Wildman–Crippen MR) is 74.3 cm³/mol. The van der Waals surface area contributed by atoms with Gasteiger partial charge in [-0.15, -0.1) is 0 Å². The highest BCUT2D eigenvalue weighted by Crippen LogP contribution is 2.23. The normalized spacial score (nSPS) is 11.2. The molecule has 0 amide bonds. The van der Waals surface area contributed by atoms with E-state index in [9.17, 15) is 13.2 Å². The van der Waals surface area contributed by atoms with Gasteiger partial charge in [-0.2, -0.15) is 0 Å². The molecule has 2 aromatic carbocycles. The molecule has 3 nitrogen and oxygen atoms in total. The minimum Gasteiger partial charge on any atom is -0.369 e. The van der Waals surface area contributed by atoms with E-state index in [2.05, 4.69) is 4.98 Å². The smallest absolute Gasteiger partial charge is 0.201 e. The van der Waals surface area contributed by atoms with Crippen LogP contribution in [0, 0.1) is 24.4 Å². The van der Waals surface area contributed by atoms with Gasteiger partial charge in [-0.3, -0.25) is 0 Å². The molecule has 0 fully saturated rings. The molecule has 3 rings (SSSR count). The first-order chi connectivity index (χ1) is 9.95. The van der Waals surface area contributed by atoms with Gasteiger partial charge in [-0.25, -0.2) is 18.2 Å². The van der Waals surface area contributed by atoms with Crippen molar-refractivity contribution in [2.45, 2.75) is 13.5 Å². The number of anilines is 1. The highest BCUT2D eigenvalue weighted by atomic mass is 19.2. The lowest BCUT2D eigenvalue weighted by molar-refractivity contribution is 0.506. The molecule has 0 unspecified atom stereocenters. The number of nitrogens with two attached hydrogens (primary N) is 1. The van der Waals surface area contributed by atoms with Crippen molar-refractivity contribution in [1.82, 2.24) is 9.55 Å². The van der Waals surface area contributed by atoms with Gasteiger partial charge >= 0.3 is 0 Å². The third-order valence-corrected chi connectivity index (χ3v) is 3.38. The van der Waals surface area contributed by atoms with Gasteiger partial charge in [0, 0.05) is 6.07 Å². The molecular formula is C15H12F3N3. The molecule has 0 saturated carbocycles. The number of aromatic nitrogens is 2. The number of fused-ring (bicyclic) bond motifs is 1. The van der Waals surface area contributed by atoms with E-state index in [-0.39, 0.29) is 18.3 Å². The zero-order chi connectivity index (χ0) is 15.1. The fraction of sp³-hybridized carbons (Fsp3) is 0.133. The number of imidazole rings is 1. The molecule has 0 saturated heterocycles. The molecule has 0 aliphatic rings. The summed E-state index contributed by atoms with van der Waals surface area (Å²) in [5, 5.41) is 0. The molecule has 0 radical (unpaired) electrons. The Morgan fingerprint density at radius 3 is 2.52 bits per heavy atom. The Bertz CT molecular complexity index is 840. The minimum atomic E-state index is -0.919. The van der Waals surface area contributed by atoms with Gasteiger partial charge in [0.25, 0.3) is 0 Å². The quantitative estimate of drug-likeness (QED) is 0.786. The van der Waals surface area contributed by atoms with Crippen molar-refractivity contribution in [3.8, 4) is 0 Å². The molecule has 6 heteroatoms. The summed E-state index contributed by atoms with van der Waals surface area (Å²) in [5.41, 5.74) is 7.92. The summed E-state index contributed by atoms with van der Waals surface area (Å²) >= 11 is 0. The second-order valence-electron chi connectivity index (χ2n) is 4.89. The van der Waals surface area contributed by atoms with Gasteiger partial charge in [0.15, 0.2) is 11.6 Å². The van der Waals surface area contributed by atoms with Crippen molar-refractivity contribution in [3.05, 3.63) is 58.9 Å². The first-order valence-corrected chi connectivity index (χ1v) is 6.31. The summed E-state index contributed by atoms with van der Waals surface area (Å²) in [4.78, 5) is 4.08. The summed E-state index contributed by atoms with van der Waals surface area (Å²) in [6.07, 6.45) is 0.